The summed E-state index contributed by atoms with van der Waals surface area (Å²) in [6, 6.07) is 0. The first kappa shape index (κ1) is 35.5. The molecule has 0 aromatic carbocycles. The Morgan fingerprint density at radius 3 is 0.806 bits per heavy atom. The van der Waals surface area contributed by atoms with E-state index in [1.165, 1.54) is 193 Å². The molecule has 0 aromatic heterocycles. The number of nitrogens with zero attached hydrogens (tertiary/aromatic N) is 1. The van der Waals surface area contributed by atoms with Crippen LogP contribution in [0.4, 0.5) is 0 Å². The van der Waals surface area contributed by atoms with Crippen molar-refractivity contribution in [3.05, 3.63) is 0 Å². The molecule has 0 fully saturated rings. The van der Waals surface area contributed by atoms with Gasteiger partial charge in [0.15, 0.2) is 0 Å². The molecule has 214 valence electrons. The van der Waals surface area contributed by atoms with E-state index in [1.807, 2.05) is 0 Å². The maximum absolute atomic E-state index is 5.64. The average molecular weight is 504 g/mol. The topological polar surface area (TPSA) is 3.24 Å². The van der Waals surface area contributed by atoms with Gasteiger partial charge in [-0.2, -0.15) is 0 Å². The molecule has 1 nitrogen and oxygen atoms in total. The molecule has 0 aliphatic heterocycles. The maximum Gasteiger partial charge on any atom is 0.0598 e. The third-order valence-electron chi connectivity index (χ3n) is 7.97. The van der Waals surface area contributed by atoms with Gasteiger partial charge < -0.3 is 0 Å². The van der Waals surface area contributed by atoms with Gasteiger partial charge >= 0.3 is 0 Å². The van der Waals surface area contributed by atoms with Crippen LogP contribution in [0.15, 0.2) is 0 Å². The van der Waals surface area contributed by atoms with Crippen molar-refractivity contribution in [1.82, 2.24) is 4.90 Å². The number of hydrogen-bond donors (Lipinski definition) is 0. The third-order valence-corrected chi connectivity index (χ3v) is 7.97. The van der Waals surface area contributed by atoms with Gasteiger partial charge in [0.1, 0.15) is 0 Å². The first-order chi connectivity index (χ1) is 17.8. The second kappa shape index (κ2) is 32.5. The second-order valence-electron chi connectivity index (χ2n) is 11.7. The Hall–Kier alpha value is -0.480. The Bertz CT molecular complexity index is 391. The number of rotatable bonds is 31. The van der Waals surface area contributed by atoms with Gasteiger partial charge in [0.2, 0.25) is 0 Å². The van der Waals surface area contributed by atoms with E-state index in [0.717, 1.165) is 6.54 Å². The highest BCUT2D eigenvalue weighted by Gasteiger charge is 2.03. The molecule has 0 radical (unpaired) electrons. The van der Waals surface area contributed by atoms with Crippen LogP contribution < -0.4 is 0 Å². The summed E-state index contributed by atoms with van der Waals surface area (Å²) < 4.78 is 0. The molecule has 0 bridgehead atoms. The fraction of sp³-hybridized carbons (Fsp3) is 0.943. The Kier molecular flexibility index (Phi) is 32.1. The molecule has 0 atom stereocenters. The minimum absolute atomic E-state index is 0.844. The molecule has 36 heavy (non-hydrogen) atoms. The van der Waals surface area contributed by atoms with Crippen LogP contribution >= 0.6 is 0 Å². The molecule has 0 heterocycles. The zero-order valence-electron chi connectivity index (χ0n) is 25.4. The van der Waals surface area contributed by atoms with Crippen molar-refractivity contribution >= 4 is 0 Å². The van der Waals surface area contributed by atoms with Gasteiger partial charge in [-0.15, -0.1) is 6.42 Å². The van der Waals surface area contributed by atoms with Gasteiger partial charge in [-0.1, -0.05) is 187 Å². The zero-order chi connectivity index (χ0) is 26.2. The molecule has 0 spiro atoms. The summed E-state index contributed by atoms with van der Waals surface area (Å²) in [5.41, 5.74) is 0. The summed E-state index contributed by atoms with van der Waals surface area (Å²) in [4.78, 5) is 2.53. The molecule has 0 amide bonds. The van der Waals surface area contributed by atoms with E-state index in [-0.39, 0.29) is 0 Å². The molecule has 0 saturated carbocycles. The summed E-state index contributed by atoms with van der Waals surface area (Å²) in [6.45, 7) is 7.86. The molecular formula is C35H69N. The molecule has 0 N–H and O–H groups in total. The van der Waals surface area contributed by atoms with Crippen LogP contribution in [-0.2, 0) is 0 Å². The van der Waals surface area contributed by atoms with Crippen LogP contribution in [0.2, 0.25) is 0 Å². The van der Waals surface area contributed by atoms with E-state index < -0.39 is 0 Å². The molecule has 0 aliphatic carbocycles. The number of unbranched alkanes of at least 4 members (excludes halogenated alkanes) is 26. The Morgan fingerprint density at radius 2 is 0.583 bits per heavy atom. The smallest absolute Gasteiger partial charge is 0.0598 e. The van der Waals surface area contributed by atoms with E-state index in [9.17, 15) is 0 Å². The molecular weight excluding hydrogens is 434 g/mol. The first-order valence-corrected chi connectivity index (χ1v) is 17.0. The molecule has 0 aromatic rings. The quantitative estimate of drug-likeness (QED) is 0.0671. The predicted molar refractivity (Wildman–Crippen MR) is 166 cm³/mol. The Balaban J connectivity index is 3.38. The van der Waals surface area contributed by atoms with Crippen LogP contribution in [-0.4, -0.2) is 24.5 Å². The van der Waals surface area contributed by atoms with Crippen molar-refractivity contribution < 1.29 is 0 Å². The van der Waals surface area contributed by atoms with Crippen molar-refractivity contribution in [2.45, 2.75) is 194 Å². The van der Waals surface area contributed by atoms with Gasteiger partial charge in [0.05, 0.1) is 6.54 Å². The lowest BCUT2D eigenvalue weighted by Crippen LogP contribution is -2.26. The highest BCUT2D eigenvalue weighted by atomic mass is 15.1. The average Bonchev–Trinajstić information content (AvgIpc) is 2.89. The minimum Gasteiger partial charge on any atom is -0.292 e. The summed E-state index contributed by atoms with van der Waals surface area (Å²) in [5, 5.41) is 0. The highest BCUT2D eigenvalue weighted by molar-refractivity contribution is 4.88. The molecule has 0 unspecified atom stereocenters. The summed E-state index contributed by atoms with van der Waals surface area (Å²) >= 11 is 0. The second-order valence-corrected chi connectivity index (χ2v) is 11.7. The van der Waals surface area contributed by atoms with Crippen LogP contribution in [0, 0.1) is 12.3 Å². The maximum atomic E-state index is 5.64. The Morgan fingerprint density at radius 1 is 0.361 bits per heavy atom. The van der Waals surface area contributed by atoms with E-state index in [1.54, 1.807) is 0 Å². The largest absolute Gasteiger partial charge is 0.292 e. The van der Waals surface area contributed by atoms with E-state index in [0.29, 0.717) is 0 Å². The number of hydrogen-bond acceptors (Lipinski definition) is 1. The van der Waals surface area contributed by atoms with Crippen molar-refractivity contribution in [2.75, 3.05) is 19.6 Å². The SMILES string of the molecule is C#CCN(CCCCCCCCCCCCCCCC)CCCCCCCCCCCCCCCC. The summed E-state index contributed by atoms with van der Waals surface area (Å²) in [6.07, 6.45) is 45.7. The van der Waals surface area contributed by atoms with Crippen molar-refractivity contribution in [1.29, 1.82) is 0 Å². The lowest BCUT2D eigenvalue weighted by Gasteiger charge is -2.19. The molecule has 0 rings (SSSR count). The van der Waals surface area contributed by atoms with Crippen molar-refractivity contribution in [3.8, 4) is 12.3 Å². The van der Waals surface area contributed by atoms with Gasteiger partial charge in [0, 0.05) is 0 Å². The van der Waals surface area contributed by atoms with Gasteiger partial charge in [-0.25, -0.2) is 0 Å². The van der Waals surface area contributed by atoms with Crippen LogP contribution in [0.3, 0.4) is 0 Å². The summed E-state index contributed by atoms with van der Waals surface area (Å²) in [5.74, 6) is 2.89. The van der Waals surface area contributed by atoms with Crippen molar-refractivity contribution in [2.24, 2.45) is 0 Å². The normalized spacial score (nSPS) is 11.4. The monoisotopic (exact) mass is 504 g/mol. The van der Waals surface area contributed by atoms with E-state index in [4.69, 9.17) is 6.42 Å². The molecule has 0 saturated heterocycles. The third kappa shape index (κ3) is 29.7. The lowest BCUT2D eigenvalue weighted by atomic mass is 10.0. The van der Waals surface area contributed by atoms with E-state index >= 15 is 0 Å². The van der Waals surface area contributed by atoms with E-state index in [2.05, 4.69) is 24.7 Å². The molecule has 0 aliphatic rings. The van der Waals surface area contributed by atoms with Gasteiger partial charge in [0.25, 0.3) is 0 Å². The molecule has 1 heteroatoms. The Labute approximate surface area is 230 Å². The van der Waals surface area contributed by atoms with Crippen LogP contribution in [0.1, 0.15) is 194 Å². The standard InChI is InChI=1S/C35H69N/c1-4-7-9-11-13-15-17-19-21-23-25-27-29-31-34-36(33-6-3)35-32-30-28-26-24-22-20-18-16-14-12-10-8-5-2/h3H,4-5,7-35H2,1-2H3. The minimum atomic E-state index is 0.844. The number of terminal acetylenes is 1. The fourth-order valence-corrected chi connectivity index (χ4v) is 5.46. The van der Waals surface area contributed by atoms with Crippen LogP contribution in [0.25, 0.3) is 0 Å². The van der Waals surface area contributed by atoms with Crippen molar-refractivity contribution in [3.63, 3.8) is 0 Å². The lowest BCUT2D eigenvalue weighted by molar-refractivity contribution is 0.290. The van der Waals surface area contributed by atoms with Crippen LogP contribution in [0.5, 0.6) is 0 Å². The van der Waals surface area contributed by atoms with Gasteiger partial charge in [-0.05, 0) is 25.9 Å². The summed E-state index contributed by atoms with van der Waals surface area (Å²) in [7, 11) is 0. The highest BCUT2D eigenvalue weighted by Crippen LogP contribution is 2.15. The predicted octanol–water partition coefficient (Wildman–Crippen LogP) is 11.9. The first-order valence-electron chi connectivity index (χ1n) is 17.0. The zero-order valence-corrected chi connectivity index (χ0v) is 25.4. The van der Waals surface area contributed by atoms with Gasteiger partial charge in [-0.3, -0.25) is 4.90 Å². The fourth-order valence-electron chi connectivity index (χ4n) is 5.46.